The van der Waals surface area contributed by atoms with Crippen LogP contribution < -0.4 is 0 Å². The molecule has 3 nitrogen and oxygen atoms in total. The molecule has 0 spiro atoms. The summed E-state index contributed by atoms with van der Waals surface area (Å²) in [6, 6.07) is 0. The molecule has 0 aromatic rings. The molecule has 2 amide bonds. The standard InChI is InChI=1S/C10H15NO2/c1-6-4-3-5-7-8(6)10(13)11(2)9(7)12/h6-8H,3-5H2,1-2H3/t6-,7?,8?/m0/s1. The van der Waals surface area contributed by atoms with E-state index in [2.05, 4.69) is 6.92 Å². The third-order valence-corrected chi connectivity index (χ3v) is 3.48. The highest BCUT2D eigenvalue weighted by atomic mass is 16.2. The molecule has 1 saturated carbocycles. The quantitative estimate of drug-likeness (QED) is 0.523. The second kappa shape index (κ2) is 2.82. The Kier molecular flexibility index (Phi) is 1.90. The third kappa shape index (κ3) is 1.10. The van der Waals surface area contributed by atoms with Gasteiger partial charge in [0.25, 0.3) is 0 Å². The second-order valence-electron chi connectivity index (χ2n) is 4.28. The molecular formula is C10H15NO2. The van der Waals surface area contributed by atoms with E-state index < -0.39 is 0 Å². The summed E-state index contributed by atoms with van der Waals surface area (Å²) in [6.45, 7) is 2.08. The van der Waals surface area contributed by atoms with E-state index in [1.54, 1.807) is 7.05 Å². The molecule has 1 saturated heterocycles. The SMILES string of the molecule is C[C@H]1CCCC2C(=O)N(C)C(=O)C21. The maximum atomic E-state index is 11.7. The smallest absolute Gasteiger partial charge is 0.233 e. The first kappa shape index (κ1) is 8.73. The van der Waals surface area contributed by atoms with Gasteiger partial charge in [-0.05, 0) is 18.8 Å². The monoisotopic (exact) mass is 181 g/mol. The van der Waals surface area contributed by atoms with Crippen LogP contribution in [0.25, 0.3) is 0 Å². The number of amides is 2. The van der Waals surface area contributed by atoms with Crippen molar-refractivity contribution in [2.75, 3.05) is 7.05 Å². The van der Waals surface area contributed by atoms with Crippen molar-refractivity contribution in [1.82, 2.24) is 4.90 Å². The molecule has 3 heteroatoms. The summed E-state index contributed by atoms with van der Waals surface area (Å²) in [4.78, 5) is 24.6. The van der Waals surface area contributed by atoms with Crippen molar-refractivity contribution in [2.24, 2.45) is 17.8 Å². The summed E-state index contributed by atoms with van der Waals surface area (Å²) in [6.07, 6.45) is 3.09. The average molecular weight is 181 g/mol. The van der Waals surface area contributed by atoms with E-state index in [0.29, 0.717) is 5.92 Å². The van der Waals surface area contributed by atoms with E-state index in [4.69, 9.17) is 0 Å². The summed E-state index contributed by atoms with van der Waals surface area (Å²) in [5.74, 6) is 0.469. The van der Waals surface area contributed by atoms with E-state index >= 15 is 0 Å². The first-order valence-electron chi connectivity index (χ1n) is 4.94. The molecule has 1 heterocycles. The Morgan fingerprint density at radius 3 is 2.54 bits per heavy atom. The van der Waals surface area contributed by atoms with Crippen LogP contribution in [0.3, 0.4) is 0 Å². The first-order valence-corrected chi connectivity index (χ1v) is 4.94. The van der Waals surface area contributed by atoms with Gasteiger partial charge >= 0.3 is 0 Å². The Morgan fingerprint density at radius 2 is 1.92 bits per heavy atom. The summed E-state index contributed by atoms with van der Waals surface area (Å²) in [5.41, 5.74) is 0. The zero-order valence-electron chi connectivity index (χ0n) is 8.12. The number of hydrogen-bond acceptors (Lipinski definition) is 2. The van der Waals surface area contributed by atoms with Gasteiger partial charge in [0.2, 0.25) is 11.8 Å². The molecule has 72 valence electrons. The van der Waals surface area contributed by atoms with Crippen LogP contribution in [-0.2, 0) is 9.59 Å². The largest absolute Gasteiger partial charge is 0.285 e. The van der Waals surface area contributed by atoms with Crippen molar-refractivity contribution in [2.45, 2.75) is 26.2 Å². The highest BCUT2D eigenvalue weighted by Gasteiger charge is 2.49. The molecule has 2 fully saturated rings. The number of fused-ring (bicyclic) bond motifs is 1. The highest BCUT2D eigenvalue weighted by molar-refractivity contribution is 6.05. The van der Waals surface area contributed by atoms with Crippen molar-refractivity contribution >= 4 is 11.8 Å². The van der Waals surface area contributed by atoms with Gasteiger partial charge in [-0.3, -0.25) is 14.5 Å². The molecule has 2 aliphatic rings. The third-order valence-electron chi connectivity index (χ3n) is 3.48. The van der Waals surface area contributed by atoms with Gasteiger partial charge in [-0.15, -0.1) is 0 Å². The van der Waals surface area contributed by atoms with E-state index in [9.17, 15) is 9.59 Å². The van der Waals surface area contributed by atoms with E-state index in [1.165, 1.54) is 4.90 Å². The van der Waals surface area contributed by atoms with Crippen molar-refractivity contribution in [3.8, 4) is 0 Å². The van der Waals surface area contributed by atoms with Crippen LogP contribution >= 0.6 is 0 Å². The summed E-state index contributed by atoms with van der Waals surface area (Å²) in [7, 11) is 1.61. The Hall–Kier alpha value is -0.860. The molecule has 0 bridgehead atoms. The molecule has 3 atom stereocenters. The van der Waals surface area contributed by atoms with Gasteiger partial charge in [-0.25, -0.2) is 0 Å². The van der Waals surface area contributed by atoms with Gasteiger partial charge in [-0.2, -0.15) is 0 Å². The van der Waals surface area contributed by atoms with E-state index in [-0.39, 0.29) is 23.7 Å². The van der Waals surface area contributed by atoms with Gasteiger partial charge in [0.05, 0.1) is 11.8 Å². The van der Waals surface area contributed by atoms with Gasteiger partial charge in [0.1, 0.15) is 0 Å². The summed E-state index contributed by atoms with van der Waals surface area (Å²) >= 11 is 0. The topological polar surface area (TPSA) is 37.4 Å². The first-order chi connectivity index (χ1) is 6.13. The van der Waals surface area contributed by atoms with Crippen LogP contribution in [-0.4, -0.2) is 23.8 Å². The number of hydrogen-bond donors (Lipinski definition) is 0. The zero-order valence-corrected chi connectivity index (χ0v) is 8.12. The van der Waals surface area contributed by atoms with E-state index in [1.807, 2.05) is 0 Å². The fourth-order valence-electron chi connectivity index (χ4n) is 2.69. The van der Waals surface area contributed by atoms with Crippen LogP contribution in [0.15, 0.2) is 0 Å². The lowest BCUT2D eigenvalue weighted by atomic mass is 9.74. The number of rotatable bonds is 0. The second-order valence-corrected chi connectivity index (χ2v) is 4.28. The number of carbonyl (C=O) groups excluding carboxylic acids is 2. The van der Waals surface area contributed by atoms with E-state index in [0.717, 1.165) is 19.3 Å². The lowest BCUT2D eigenvalue weighted by molar-refractivity contribution is -0.138. The Labute approximate surface area is 78.1 Å². The Balaban J connectivity index is 2.29. The summed E-state index contributed by atoms with van der Waals surface area (Å²) < 4.78 is 0. The molecule has 2 rings (SSSR count). The van der Waals surface area contributed by atoms with Crippen molar-refractivity contribution in [1.29, 1.82) is 0 Å². The summed E-state index contributed by atoms with van der Waals surface area (Å²) in [5, 5.41) is 0. The fraction of sp³-hybridized carbons (Fsp3) is 0.800. The van der Waals surface area contributed by atoms with Crippen LogP contribution in [0, 0.1) is 17.8 Å². The molecule has 2 unspecified atom stereocenters. The van der Waals surface area contributed by atoms with Gasteiger partial charge < -0.3 is 0 Å². The highest BCUT2D eigenvalue weighted by Crippen LogP contribution is 2.40. The molecule has 0 N–H and O–H groups in total. The van der Waals surface area contributed by atoms with Gasteiger partial charge in [0, 0.05) is 7.05 Å². The number of likely N-dealkylation sites (tertiary alicyclic amines) is 1. The van der Waals surface area contributed by atoms with Crippen LogP contribution in [0.4, 0.5) is 0 Å². The Morgan fingerprint density at radius 1 is 1.23 bits per heavy atom. The lowest BCUT2D eigenvalue weighted by Gasteiger charge is -2.27. The molecule has 13 heavy (non-hydrogen) atoms. The molecule has 0 aromatic carbocycles. The molecule has 0 aromatic heterocycles. The van der Waals surface area contributed by atoms with Crippen molar-refractivity contribution < 1.29 is 9.59 Å². The molecule has 1 aliphatic heterocycles. The number of carbonyl (C=O) groups is 2. The fourth-order valence-corrected chi connectivity index (χ4v) is 2.69. The van der Waals surface area contributed by atoms with Gasteiger partial charge in [-0.1, -0.05) is 13.3 Å². The maximum absolute atomic E-state index is 11.7. The molecule has 0 radical (unpaired) electrons. The number of imide groups is 1. The predicted octanol–water partition coefficient (Wildman–Crippen LogP) is 1.04. The molecule has 1 aliphatic carbocycles. The zero-order chi connectivity index (χ0) is 9.59. The normalized spacial score (nSPS) is 39.5. The lowest BCUT2D eigenvalue weighted by Crippen LogP contribution is -2.29. The number of nitrogens with zero attached hydrogens (tertiary/aromatic N) is 1. The van der Waals surface area contributed by atoms with Crippen LogP contribution in [0.1, 0.15) is 26.2 Å². The average Bonchev–Trinajstić information content (AvgIpc) is 2.33. The molecular weight excluding hydrogens is 166 g/mol. The van der Waals surface area contributed by atoms with Crippen molar-refractivity contribution in [3.05, 3.63) is 0 Å². The van der Waals surface area contributed by atoms with Crippen LogP contribution in [0.5, 0.6) is 0 Å². The maximum Gasteiger partial charge on any atom is 0.233 e. The van der Waals surface area contributed by atoms with Gasteiger partial charge in [0.15, 0.2) is 0 Å². The predicted molar refractivity (Wildman–Crippen MR) is 47.8 cm³/mol. The van der Waals surface area contributed by atoms with Crippen molar-refractivity contribution in [3.63, 3.8) is 0 Å². The van der Waals surface area contributed by atoms with Crippen LogP contribution in [0.2, 0.25) is 0 Å². The minimum absolute atomic E-state index is 0.00116. The Bertz CT molecular complexity index is 262. The minimum atomic E-state index is -0.00810. The minimum Gasteiger partial charge on any atom is -0.285 e.